The zero-order valence-electron chi connectivity index (χ0n) is 10.0. The van der Waals surface area contributed by atoms with E-state index < -0.39 is 23.7 Å². The second-order valence-corrected chi connectivity index (χ2v) is 4.16. The first-order valence-electron chi connectivity index (χ1n) is 5.54. The predicted octanol–water partition coefficient (Wildman–Crippen LogP) is 1.09. The molecule has 19 heavy (non-hydrogen) atoms. The fraction of sp³-hybridized carbons (Fsp3) is 0.333. The van der Waals surface area contributed by atoms with E-state index >= 15 is 0 Å². The maximum atomic E-state index is 12.8. The summed E-state index contributed by atoms with van der Waals surface area (Å²) in [7, 11) is 0. The Bertz CT molecular complexity index is 455. The minimum Gasteiger partial charge on any atom is -0.484 e. The molecule has 0 spiro atoms. The third-order valence-electron chi connectivity index (χ3n) is 2.22. The molecular formula is C12H14FNO4S. The largest absolute Gasteiger partial charge is 0.484 e. The molecule has 1 aromatic rings. The van der Waals surface area contributed by atoms with Crippen LogP contribution in [-0.4, -0.2) is 35.4 Å². The van der Waals surface area contributed by atoms with E-state index in [-0.39, 0.29) is 18.8 Å². The number of aliphatic carboxylic acids is 1. The lowest BCUT2D eigenvalue weighted by Crippen LogP contribution is -2.43. The van der Waals surface area contributed by atoms with Crippen LogP contribution in [0.5, 0.6) is 5.75 Å². The van der Waals surface area contributed by atoms with Crippen LogP contribution in [0.15, 0.2) is 24.3 Å². The summed E-state index contributed by atoms with van der Waals surface area (Å²) in [5, 5.41) is 11.1. The average Bonchev–Trinajstić information content (AvgIpc) is 2.36. The third kappa shape index (κ3) is 5.60. The lowest BCUT2D eigenvalue weighted by molar-refractivity contribution is -0.142. The third-order valence-corrected chi connectivity index (χ3v) is 2.48. The monoisotopic (exact) mass is 287 g/mol. The van der Waals surface area contributed by atoms with Crippen molar-refractivity contribution in [3.8, 4) is 5.75 Å². The van der Waals surface area contributed by atoms with Crippen LogP contribution in [0, 0.1) is 5.82 Å². The molecule has 104 valence electrons. The topological polar surface area (TPSA) is 75.6 Å². The molecule has 0 heterocycles. The fourth-order valence-corrected chi connectivity index (χ4v) is 1.59. The van der Waals surface area contributed by atoms with Crippen LogP contribution in [0.1, 0.15) is 6.42 Å². The Balaban J connectivity index is 2.44. The summed E-state index contributed by atoms with van der Waals surface area (Å²) in [5.41, 5.74) is 0. The van der Waals surface area contributed by atoms with E-state index in [4.69, 9.17) is 9.84 Å². The van der Waals surface area contributed by atoms with Gasteiger partial charge >= 0.3 is 5.97 Å². The van der Waals surface area contributed by atoms with Crippen molar-refractivity contribution in [2.75, 3.05) is 12.4 Å². The quantitative estimate of drug-likeness (QED) is 0.656. The Labute approximate surface area is 115 Å². The number of hydrogen-bond acceptors (Lipinski definition) is 4. The molecule has 0 saturated carbocycles. The van der Waals surface area contributed by atoms with Crippen LogP contribution in [0.2, 0.25) is 0 Å². The van der Waals surface area contributed by atoms with Crippen LogP contribution in [0.3, 0.4) is 0 Å². The Kier molecular flexibility index (Phi) is 6.14. The van der Waals surface area contributed by atoms with Crippen LogP contribution in [0.25, 0.3) is 0 Å². The van der Waals surface area contributed by atoms with Gasteiger partial charge in [0.15, 0.2) is 6.61 Å². The van der Waals surface area contributed by atoms with Gasteiger partial charge in [0.2, 0.25) is 0 Å². The van der Waals surface area contributed by atoms with Gasteiger partial charge < -0.3 is 15.2 Å². The molecule has 0 radical (unpaired) electrons. The SMILES string of the molecule is O=C(COc1cccc(F)c1)NC(CCS)C(=O)O. The smallest absolute Gasteiger partial charge is 0.326 e. The Morgan fingerprint density at radius 3 is 2.79 bits per heavy atom. The number of carbonyl (C=O) groups excluding carboxylic acids is 1. The highest BCUT2D eigenvalue weighted by molar-refractivity contribution is 7.80. The van der Waals surface area contributed by atoms with Gasteiger partial charge in [0.05, 0.1) is 0 Å². The van der Waals surface area contributed by atoms with Crippen LogP contribution >= 0.6 is 12.6 Å². The van der Waals surface area contributed by atoms with Gasteiger partial charge in [0.25, 0.3) is 5.91 Å². The number of hydrogen-bond donors (Lipinski definition) is 3. The van der Waals surface area contributed by atoms with Gasteiger partial charge in [-0.05, 0) is 24.3 Å². The lowest BCUT2D eigenvalue weighted by Gasteiger charge is -2.13. The lowest BCUT2D eigenvalue weighted by atomic mass is 10.2. The van der Waals surface area contributed by atoms with E-state index in [1.165, 1.54) is 18.2 Å². The molecule has 1 aromatic carbocycles. The van der Waals surface area contributed by atoms with Crippen molar-refractivity contribution in [3.05, 3.63) is 30.1 Å². The molecule has 0 aliphatic heterocycles. The number of carboxylic acids is 1. The number of ether oxygens (including phenoxy) is 1. The molecule has 0 bridgehead atoms. The first kappa shape index (κ1) is 15.3. The molecule has 1 unspecified atom stereocenters. The summed E-state index contributed by atoms with van der Waals surface area (Å²) in [5.74, 6) is -1.65. The molecule has 0 aromatic heterocycles. The van der Waals surface area contributed by atoms with Crippen molar-refractivity contribution in [2.45, 2.75) is 12.5 Å². The number of carboxylic acid groups (broad SMARTS) is 1. The van der Waals surface area contributed by atoms with Crippen molar-refractivity contribution in [3.63, 3.8) is 0 Å². The summed E-state index contributed by atoms with van der Waals surface area (Å²) >= 11 is 3.91. The standard InChI is InChI=1S/C12H14FNO4S/c13-8-2-1-3-9(6-8)18-7-11(15)14-10(4-5-19)12(16)17/h1-3,6,10,19H,4-5,7H2,(H,14,15)(H,16,17). The normalized spacial score (nSPS) is 11.7. The summed E-state index contributed by atoms with van der Waals surface area (Å²) in [6.07, 6.45) is 0.212. The molecule has 5 nitrogen and oxygen atoms in total. The summed E-state index contributed by atoms with van der Waals surface area (Å²) in [6.45, 7) is -0.375. The molecule has 0 aliphatic rings. The summed E-state index contributed by atoms with van der Waals surface area (Å²) in [6, 6.07) is 4.33. The molecule has 7 heteroatoms. The van der Waals surface area contributed by atoms with E-state index in [0.29, 0.717) is 5.75 Å². The number of thiol groups is 1. The number of halogens is 1. The Morgan fingerprint density at radius 2 is 2.21 bits per heavy atom. The average molecular weight is 287 g/mol. The first-order chi connectivity index (χ1) is 9.02. The minimum absolute atomic E-state index is 0.205. The molecule has 0 aliphatic carbocycles. The summed E-state index contributed by atoms with van der Waals surface area (Å²) < 4.78 is 17.9. The van der Waals surface area contributed by atoms with Crippen molar-refractivity contribution in [1.82, 2.24) is 5.32 Å². The highest BCUT2D eigenvalue weighted by atomic mass is 32.1. The number of benzene rings is 1. The van der Waals surface area contributed by atoms with E-state index in [1.54, 1.807) is 0 Å². The van der Waals surface area contributed by atoms with Crippen LogP contribution < -0.4 is 10.1 Å². The van der Waals surface area contributed by atoms with E-state index in [1.807, 2.05) is 0 Å². The van der Waals surface area contributed by atoms with Crippen molar-refractivity contribution in [1.29, 1.82) is 0 Å². The Hall–Kier alpha value is -1.76. The van der Waals surface area contributed by atoms with E-state index in [9.17, 15) is 14.0 Å². The molecule has 1 atom stereocenters. The zero-order chi connectivity index (χ0) is 14.3. The predicted molar refractivity (Wildman–Crippen MR) is 69.9 cm³/mol. The molecule has 0 saturated heterocycles. The maximum Gasteiger partial charge on any atom is 0.326 e. The van der Waals surface area contributed by atoms with Gasteiger partial charge in [-0.2, -0.15) is 12.6 Å². The van der Waals surface area contributed by atoms with Crippen molar-refractivity contribution < 1.29 is 23.8 Å². The van der Waals surface area contributed by atoms with Crippen molar-refractivity contribution >= 4 is 24.5 Å². The van der Waals surface area contributed by atoms with Gasteiger partial charge in [-0.15, -0.1) is 0 Å². The molecule has 1 amide bonds. The summed E-state index contributed by atoms with van der Waals surface area (Å²) in [4.78, 5) is 22.3. The number of carbonyl (C=O) groups is 2. The minimum atomic E-state index is -1.13. The molecular weight excluding hydrogens is 273 g/mol. The maximum absolute atomic E-state index is 12.8. The van der Waals surface area contributed by atoms with Gasteiger partial charge in [-0.3, -0.25) is 4.79 Å². The van der Waals surface area contributed by atoms with Crippen molar-refractivity contribution in [2.24, 2.45) is 0 Å². The van der Waals surface area contributed by atoms with Gasteiger partial charge in [0, 0.05) is 6.07 Å². The van der Waals surface area contributed by atoms with Crippen LogP contribution in [-0.2, 0) is 9.59 Å². The zero-order valence-corrected chi connectivity index (χ0v) is 10.9. The van der Waals surface area contributed by atoms with Gasteiger partial charge in [0.1, 0.15) is 17.6 Å². The second kappa shape index (κ2) is 7.63. The van der Waals surface area contributed by atoms with E-state index in [2.05, 4.69) is 17.9 Å². The second-order valence-electron chi connectivity index (χ2n) is 3.72. The molecule has 1 rings (SSSR count). The highest BCUT2D eigenvalue weighted by Gasteiger charge is 2.18. The number of rotatable bonds is 7. The fourth-order valence-electron chi connectivity index (χ4n) is 1.33. The van der Waals surface area contributed by atoms with Crippen LogP contribution in [0.4, 0.5) is 4.39 Å². The van der Waals surface area contributed by atoms with Gasteiger partial charge in [-0.1, -0.05) is 6.07 Å². The molecule has 2 N–H and O–H groups in total. The van der Waals surface area contributed by atoms with Gasteiger partial charge in [-0.25, -0.2) is 9.18 Å². The Morgan fingerprint density at radius 1 is 1.47 bits per heavy atom. The number of nitrogens with one attached hydrogen (secondary N) is 1. The van der Waals surface area contributed by atoms with E-state index in [0.717, 1.165) is 6.07 Å². The highest BCUT2D eigenvalue weighted by Crippen LogP contribution is 2.11. The number of amides is 1. The molecule has 0 fully saturated rings. The first-order valence-corrected chi connectivity index (χ1v) is 6.17.